The van der Waals surface area contributed by atoms with Gasteiger partial charge in [0.2, 0.25) is 0 Å². The lowest BCUT2D eigenvalue weighted by atomic mass is 9.70. The molecule has 0 saturated heterocycles. The number of nitrogens with zero attached hydrogens (tertiary/aromatic N) is 2. The standard InChI is InChI=1S/C73H48N2/c1-4-21-50(22-5-1)56-27-10-11-32-63(56)72-57(51-23-6-2-7-24-51)33-20-38-71(72)74(54-42-39-49(40-43-54)52-41-46-70-64(47-52)62-31-15-19-37-69(62)75(70)53-25-8-3-9-26-53)55-44-45-61-60-30-14-18-36-67(60)73(68(61)48-55)65-34-16-12-28-58(65)59-29-13-17-35-66(59)73/h1-48H. The van der Waals surface area contributed by atoms with Gasteiger partial charge in [-0.25, -0.2) is 0 Å². The molecular weight excluding hydrogens is 905 g/mol. The first kappa shape index (κ1) is 42.9. The van der Waals surface area contributed by atoms with E-state index in [0.29, 0.717) is 0 Å². The second-order valence-electron chi connectivity index (χ2n) is 19.9. The highest BCUT2D eigenvalue weighted by Gasteiger charge is 2.51. The summed E-state index contributed by atoms with van der Waals surface area (Å²) >= 11 is 0. The van der Waals surface area contributed by atoms with Gasteiger partial charge in [-0.2, -0.15) is 0 Å². The molecule has 1 heterocycles. The highest BCUT2D eigenvalue weighted by Crippen LogP contribution is 2.63. The van der Waals surface area contributed by atoms with Gasteiger partial charge in [-0.3, -0.25) is 0 Å². The lowest BCUT2D eigenvalue weighted by Crippen LogP contribution is -2.26. The van der Waals surface area contributed by atoms with Gasteiger partial charge in [0.15, 0.2) is 0 Å². The molecule has 0 atom stereocenters. The maximum atomic E-state index is 2.52. The van der Waals surface area contributed by atoms with Crippen LogP contribution < -0.4 is 4.90 Å². The van der Waals surface area contributed by atoms with Gasteiger partial charge in [-0.1, -0.05) is 231 Å². The van der Waals surface area contributed by atoms with Crippen LogP contribution in [0.5, 0.6) is 0 Å². The molecule has 1 aromatic heterocycles. The van der Waals surface area contributed by atoms with Gasteiger partial charge in [-0.05, 0) is 144 Å². The third kappa shape index (κ3) is 6.53. The Labute approximate surface area is 437 Å². The molecular formula is C73H48N2. The maximum Gasteiger partial charge on any atom is 0.0726 e. The van der Waals surface area contributed by atoms with Crippen LogP contribution in [0.25, 0.3) is 94.3 Å². The van der Waals surface area contributed by atoms with Gasteiger partial charge in [0.05, 0.1) is 22.1 Å². The van der Waals surface area contributed by atoms with Crippen molar-refractivity contribution in [1.82, 2.24) is 4.57 Å². The Morgan fingerprint density at radius 2 is 0.747 bits per heavy atom. The molecule has 0 bridgehead atoms. The summed E-state index contributed by atoms with van der Waals surface area (Å²) < 4.78 is 2.38. The summed E-state index contributed by atoms with van der Waals surface area (Å²) in [5, 5.41) is 2.48. The van der Waals surface area contributed by atoms with Crippen molar-refractivity contribution >= 4 is 38.9 Å². The van der Waals surface area contributed by atoms with E-state index in [1.54, 1.807) is 0 Å². The highest BCUT2D eigenvalue weighted by atomic mass is 15.1. The molecule has 0 N–H and O–H groups in total. The lowest BCUT2D eigenvalue weighted by molar-refractivity contribution is 0.793. The molecule has 0 unspecified atom stereocenters. The van der Waals surface area contributed by atoms with Gasteiger partial charge in [0.1, 0.15) is 0 Å². The van der Waals surface area contributed by atoms with Crippen molar-refractivity contribution in [2.75, 3.05) is 4.90 Å². The molecule has 350 valence electrons. The minimum absolute atomic E-state index is 0.498. The average molecular weight is 953 g/mol. The number of para-hydroxylation sites is 2. The predicted octanol–water partition coefficient (Wildman–Crippen LogP) is 19.3. The summed E-state index contributed by atoms with van der Waals surface area (Å²) in [4.78, 5) is 2.52. The summed E-state index contributed by atoms with van der Waals surface area (Å²) in [6.45, 7) is 0. The molecule has 2 aliphatic rings. The van der Waals surface area contributed by atoms with E-state index >= 15 is 0 Å². The van der Waals surface area contributed by atoms with E-state index in [0.717, 1.165) is 28.3 Å². The van der Waals surface area contributed by atoms with Crippen LogP contribution in [0, 0.1) is 0 Å². The zero-order chi connectivity index (χ0) is 49.5. The van der Waals surface area contributed by atoms with E-state index in [2.05, 4.69) is 301 Å². The molecule has 75 heavy (non-hydrogen) atoms. The molecule has 13 aromatic rings. The van der Waals surface area contributed by atoms with Crippen molar-refractivity contribution in [3.63, 3.8) is 0 Å². The number of fused-ring (bicyclic) bond motifs is 13. The van der Waals surface area contributed by atoms with Crippen LogP contribution in [-0.2, 0) is 5.41 Å². The van der Waals surface area contributed by atoms with Crippen molar-refractivity contribution in [3.8, 4) is 72.4 Å². The number of benzene rings is 12. The molecule has 0 aliphatic heterocycles. The Bertz CT molecular complexity index is 4280. The minimum Gasteiger partial charge on any atom is -0.310 e. The number of hydrogen-bond donors (Lipinski definition) is 0. The molecule has 2 aliphatic carbocycles. The predicted molar refractivity (Wildman–Crippen MR) is 314 cm³/mol. The Hall–Kier alpha value is -9.76. The zero-order valence-corrected chi connectivity index (χ0v) is 41.1. The van der Waals surface area contributed by atoms with Crippen LogP contribution in [0.15, 0.2) is 291 Å². The lowest BCUT2D eigenvalue weighted by Gasteiger charge is -2.33. The average Bonchev–Trinajstić information content (AvgIpc) is 4.29. The topological polar surface area (TPSA) is 8.17 Å². The molecule has 0 saturated carbocycles. The summed E-state index contributed by atoms with van der Waals surface area (Å²) in [7, 11) is 0. The van der Waals surface area contributed by atoms with Crippen LogP contribution in [0.3, 0.4) is 0 Å². The summed E-state index contributed by atoms with van der Waals surface area (Å²) in [6, 6.07) is 108. The number of hydrogen-bond acceptors (Lipinski definition) is 1. The second-order valence-corrected chi connectivity index (χ2v) is 19.9. The quantitative estimate of drug-likeness (QED) is 0.147. The number of aromatic nitrogens is 1. The molecule has 1 spiro atoms. The van der Waals surface area contributed by atoms with E-state index < -0.39 is 5.41 Å². The molecule has 15 rings (SSSR count). The van der Waals surface area contributed by atoms with Gasteiger partial charge >= 0.3 is 0 Å². The van der Waals surface area contributed by atoms with Crippen LogP contribution in [0.4, 0.5) is 17.1 Å². The van der Waals surface area contributed by atoms with E-state index in [-0.39, 0.29) is 0 Å². The normalized spacial score (nSPS) is 12.6. The SMILES string of the molecule is c1ccc(-c2ccccc2-c2c(-c3ccccc3)cccc2N(c2ccc(-c3ccc4c(c3)c3ccccc3n4-c3ccccc3)cc2)c2ccc3c(c2)C2(c4ccccc4-c4ccccc42)c2ccccc2-3)cc1. The largest absolute Gasteiger partial charge is 0.310 e. The molecule has 2 nitrogen and oxygen atoms in total. The fourth-order valence-electron chi connectivity index (χ4n) is 12.9. The van der Waals surface area contributed by atoms with Gasteiger partial charge in [0.25, 0.3) is 0 Å². The van der Waals surface area contributed by atoms with Crippen LogP contribution >= 0.6 is 0 Å². The summed E-state index contributed by atoms with van der Waals surface area (Å²) in [5.41, 5.74) is 26.1. The Kier molecular flexibility index (Phi) is 9.83. The van der Waals surface area contributed by atoms with Crippen LogP contribution in [0.1, 0.15) is 22.3 Å². The van der Waals surface area contributed by atoms with Gasteiger partial charge in [-0.15, -0.1) is 0 Å². The van der Waals surface area contributed by atoms with Crippen molar-refractivity contribution in [1.29, 1.82) is 0 Å². The molecule has 0 amide bonds. The van der Waals surface area contributed by atoms with Crippen molar-refractivity contribution in [2.24, 2.45) is 0 Å². The van der Waals surface area contributed by atoms with Gasteiger partial charge < -0.3 is 9.47 Å². The summed E-state index contributed by atoms with van der Waals surface area (Å²) in [5.74, 6) is 0. The van der Waals surface area contributed by atoms with E-state index in [4.69, 9.17) is 0 Å². The zero-order valence-electron chi connectivity index (χ0n) is 41.1. The first-order valence-corrected chi connectivity index (χ1v) is 26.0. The fraction of sp³-hybridized carbons (Fsp3) is 0.0137. The molecule has 2 heteroatoms. The minimum atomic E-state index is -0.498. The molecule has 12 aromatic carbocycles. The highest BCUT2D eigenvalue weighted by molar-refractivity contribution is 6.11. The first-order valence-electron chi connectivity index (χ1n) is 26.0. The monoisotopic (exact) mass is 952 g/mol. The van der Waals surface area contributed by atoms with E-state index in [9.17, 15) is 0 Å². The summed E-state index contributed by atoms with van der Waals surface area (Å²) in [6.07, 6.45) is 0. The third-order valence-corrected chi connectivity index (χ3v) is 16.0. The van der Waals surface area contributed by atoms with Crippen molar-refractivity contribution in [3.05, 3.63) is 313 Å². The van der Waals surface area contributed by atoms with Crippen molar-refractivity contribution in [2.45, 2.75) is 5.41 Å². The van der Waals surface area contributed by atoms with E-state index in [1.165, 1.54) is 105 Å². The Morgan fingerprint density at radius 1 is 0.267 bits per heavy atom. The fourth-order valence-corrected chi connectivity index (χ4v) is 12.9. The van der Waals surface area contributed by atoms with Crippen LogP contribution in [-0.4, -0.2) is 4.57 Å². The Balaban J connectivity index is 0.972. The maximum absolute atomic E-state index is 2.52. The van der Waals surface area contributed by atoms with Gasteiger partial charge in [0, 0.05) is 33.4 Å². The van der Waals surface area contributed by atoms with Crippen molar-refractivity contribution < 1.29 is 0 Å². The second kappa shape index (κ2) is 17.2. The number of anilines is 3. The Morgan fingerprint density at radius 3 is 1.40 bits per heavy atom. The first-order chi connectivity index (χ1) is 37.2. The smallest absolute Gasteiger partial charge is 0.0726 e. The van der Waals surface area contributed by atoms with E-state index in [1.807, 2.05) is 0 Å². The van der Waals surface area contributed by atoms with Crippen LogP contribution in [0.2, 0.25) is 0 Å². The molecule has 0 fully saturated rings. The molecule has 0 radical (unpaired) electrons. The number of rotatable bonds is 8. The third-order valence-electron chi connectivity index (χ3n) is 16.0.